The molecule has 106 valence electrons. The van der Waals surface area contributed by atoms with Crippen LogP contribution in [0.1, 0.15) is 5.56 Å². The summed E-state index contributed by atoms with van der Waals surface area (Å²) in [4.78, 5) is 12.5. The fraction of sp³-hybridized carbons (Fsp3) is 0.118. The van der Waals surface area contributed by atoms with Crippen LogP contribution >= 0.6 is 0 Å². The minimum Gasteiger partial charge on any atom is -0.508 e. The van der Waals surface area contributed by atoms with Gasteiger partial charge in [0.05, 0.1) is 12.5 Å². The first-order valence-corrected chi connectivity index (χ1v) is 6.51. The standard InChI is InChI=1S/C17H14O4/c1-10-5-3-4-6-12(10)16-17(20-2)15(19)13-8-7-11(18)9-14(13)21-16/h3-9,18H,1-2H3. The van der Waals surface area contributed by atoms with Gasteiger partial charge in [-0.1, -0.05) is 24.3 Å². The first-order valence-electron chi connectivity index (χ1n) is 6.51. The molecule has 0 radical (unpaired) electrons. The van der Waals surface area contributed by atoms with E-state index in [2.05, 4.69) is 0 Å². The molecule has 0 amide bonds. The van der Waals surface area contributed by atoms with Crippen molar-refractivity contribution in [1.82, 2.24) is 0 Å². The van der Waals surface area contributed by atoms with E-state index in [1.54, 1.807) is 0 Å². The number of hydrogen-bond acceptors (Lipinski definition) is 4. The van der Waals surface area contributed by atoms with E-state index in [9.17, 15) is 9.90 Å². The number of hydrogen-bond donors (Lipinski definition) is 1. The third-order valence-electron chi connectivity index (χ3n) is 3.43. The molecule has 0 aliphatic heterocycles. The van der Waals surface area contributed by atoms with Crippen LogP contribution in [-0.2, 0) is 0 Å². The number of aryl methyl sites for hydroxylation is 1. The minimum atomic E-state index is -0.253. The Morgan fingerprint density at radius 3 is 2.62 bits per heavy atom. The molecule has 1 N–H and O–H groups in total. The number of phenolic OH excluding ortho intramolecular Hbond substituents is 1. The molecular weight excluding hydrogens is 268 g/mol. The van der Waals surface area contributed by atoms with E-state index < -0.39 is 0 Å². The number of methoxy groups -OCH3 is 1. The fourth-order valence-electron chi connectivity index (χ4n) is 2.36. The Morgan fingerprint density at radius 1 is 1.14 bits per heavy atom. The molecule has 3 aromatic rings. The van der Waals surface area contributed by atoms with Gasteiger partial charge in [0.1, 0.15) is 11.3 Å². The highest BCUT2D eigenvalue weighted by atomic mass is 16.5. The summed E-state index contributed by atoms with van der Waals surface area (Å²) in [5, 5.41) is 9.95. The van der Waals surface area contributed by atoms with E-state index in [1.165, 1.54) is 25.3 Å². The first-order chi connectivity index (χ1) is 10.1. The van der Waals surface area contributed by atoms with Gasteiger partial charge in [0.2, 0.25) is 11.2 Å². The lowest BCUT2D eigenvalue weighted by Gasteiger charge is -2.10. The second-order valence-electron chi connectivity index (χ2n) is 4.79. The number of benzene rings is 2. The number of fused-ring (bicyclic) bond motifs is 1. The maximum Gasteiger partial charge on any atom is 0.235 e. The summed E-state index contributed by atoms with van der Waals surface area (Å²) in [6.45, 7) is 1.93. The third-order valence-corrected chi connectivity index (χ3v) is 3.43. The fourth-order valence-corrected chi connectivity index (χ4v) is 2.36. The van der Waals surface area contributed by atoms with Gasteiger partial charge in [-0.2, -0.15) is 0 Å². The summed E-state index contributed by atoms with van der Waals surface area (Å²) >= 11 is 0. The van der Waals surface area contributed by atoms with E-state index in [1.807, 2.05) is 31.2 Å². The van der Waals surface area contributed by atoms with E-state index in [0.717, 1.165) is 11.1 Å². The Hall–Kier alpha value is -2.75. The van der Waals surface area contributed by atoms with Gasteiger partial charge >= 0.3 is 0 Å². The summed E-state index contributed by atoms with van der Waals surface area (Å²) in [6, 6.07) is 12.0. The Balaban J connectivity index is 2.42. The van der Waals surface area contributed by atoms with Crippen LogP contribution in [0.25, 0.3) is 22.3 Å². The van der Waals surface area contributed by atoms with Gasteiger partial charge in [0, 0.05) is 11.6 Å². The van der Waals surface area contributed by atoms with Crippen LogP contribution in [0.3, 0.4) is 0 Å². The number of phenols is 1. The van der Waals surface area contributed by atoms with Gasteiger partial charge in [0.15, 0.2) is 5.76 Å². The van der Waals surface area contributed by atoms with Gasteiger partial charge in [0.25, 0.3) is 0 Å². The van der Waals surface area contributed by atoms with Crippen molar-refractivity contribution in [3.63, 3.8) is 0 Å². The molecule has 3 rings (SSSR count). The van der Waals surface area contributed by atoms with Gasteiger partial charge in [-0.15, -0.1) is 0 Å². The minimum absolute atomic E-state index is 0.0477. The predicted octanol–water partition coefficient (Wildman–Crippen LogP) is 3.48. The second-order valence-corrected chi connectivity index (χ2v) is 4.79. The molecular formula is C17H14O4. The zero-order valence-corrected chi connectivity index (χ0v) is 11.7. The molecule has 0 bridgehead atoms. The largest absolute Gasteiger partial charge is 0.508 e. The number of ether oxygens (including phenoxy) is 1. The summed E-state index contributed by atoms with van der Waals surface area (Å²) in [7, 11) is 1.44. The van der Waals surface area contributed by atoms with Crippen molar-refractivity contribution in [2.75, 3.05) is 7.11 Å². The van der Waals surface area contributed by atoms with Gasteiger partial charge < -0.3 is 14.3 Å². The molecule has 4 heteroatoms. The Morgan fingerprint density at radius 2 is 1.90 bits per heavy atom. The van der Waals surface area contributed by atoms with Gasteiger partial charge in [-0.25, -0.2) is 0 Å². The van der Waals surface area contributed by atoms with Crippen LogP contribution in [0.4, 0.5) is 0 Å². The normalized spacial score (nSPS) is 10.8. The molecule has 2 aromatic carbocycles. The van der Waals surface area contributed by atoms with Crippen molar-refractivity contribution in [1.29, 1.82) is 0 Å². The molecule has 0 spiro atoms. The van der Waals surface area contributed by atoms with Crippen LogP contribution in [0, 0.1) is 6.92 Å². The lowest BCUT2D eigenvalue weighted by molar-refractivity contribution is 0.398. The average Bonchev–Trinajstić information content (AvgIpc) is 2.47. The Bertz CT molecular complexity index is 878. The quantitative estimate of drug-likeness (QED) is 0.781. The van der Waals surface area contributed by atoms with Crippen LogP contribution in [0.15, 0.2) is 51.7 Å². The highest BCUT2D eigenvalue weighted by Gasteiger charge is 2.18. The molecule has 1 aromatic heterocycles. The Kier molecular flexibility index (Phi) is 3.14. The smallest absolute Gasteiger partial charge is 0.235 e. The van der Waals surface area contributed by atoms with E-state index in [4.69, 9.17) is 9.15 Å². The molecule has 0 saturated heterocycles. The molecule has 4 nitrogen and oxygen atoms in total. The summed E-state index contributed by atoms with van der Waals surface area (Å²) in [5.41, 5.74) is 1.84. The highest BCUT2D eigenvalue weighted by Crippen LogP contribution is 2.33. The van der Waals surface area contributed by atoms with Gasteiger partial charge in [-0.05, 0) is 24.6 Å². The van der Waals surface area contributed by atoms with E-state index >= 15 is 0 Å². The molecule has 1 heterocycles. The monoisotopic (exact) mass is 282 g/mol. The topological polar surface area (TPSA) is 59.7 Å². The lowest BCUT2D eigenvalue weighted by Crippen LogP contribution is -2.07. The van der Waals surface area contributed by atoms with Crippen LogP contribution in [0.2, 0.25) is 0 Å². The Labute approximate surface area is 121 Å². The maximum absolute atomic E-state index is 12.5. The molecule has 0 fully saturated rings. The first kappa shape index (κ1) is 13.2. The lowest BCUT2D eigenvalue weighted by atomic mass is 10.0. The number of rotatable bonds is 2. The van der Waals surface area contributed by atoms with Crippen molar-refractivity contribution in [3.05, 3.63) is 58.3 Å². The predicted molar refractivity (Wildman–Crippen MR) is 80.9 cm³/mol. The molecule has 0 aliphatic carbocycles. The highest BCUT2D eigenvalue weighted by molar-refractivity contribution is 5.83. The van der Waals surface area contributed by atoms with Crippen LogP contribution in [-0.4, -0.2) is 12.2 Å². The zero-order valence-electron chi connectivity index (χ0n) is 11.7. The summed E-state index contributed by atoms with van der Waals surface area (Å²) in [6.07, 6.45) is 0. The van der Waals surface area contributed by atoms with Crippen molar-refractivity contribution in [2.45, 2.75) is 6.92 Å². The summed E-state index contributed by atoms with van der Waals surface area (Å²) in [5.74, 6) is 0.591. The molecule has 0 saturated carbocycles. The van der Waals surface area contributed by atoms with Crippen molar-refractivity contribution >= 4 is 11.0 Å². The molecule has 0 atom stereocenters. The van der Waals surface area contributed by atoms with Gasteiger partial charge in [-0.3, -0.25) is 4.79 Å². The van der Waals surface area contributed by atoms with Crippen molar-refractivity contribution in [3.8, 4) is 22.8 Å². The molecule has 0 aliphatic rings. The second kappa shape index (κ2) is 4.98. The van der Waals surface area contributed by atoms with Crippen LogP contribution in [0.5, 0.6) is 11.5 Å². The maximum atomic E-state index is 12.5. The van der Waals surface area contributed by atoms with Crippen molar-refractivity contribution in [2.24, 2.45) is 0 Å². The molecule has 21 heavy (non-hydrogen) atoms. The van der Waals surface area contributed by atoms with Crippen molar-refractivity contribution < 1.29 is 14.3 Å². The number of aromatic hydroxyl groups is 1. The van der Waals surface area contributed by atoms with E-state index in [-0.39, 0.29) is 16.9 Å². The van der Waals surface area contributed by atoms with Crippen LogP contribution < -0.4 is 10.2 Å². The SMILES string of the molecule is COc1c(-c2ccccc2C)oc2cc(O)ccc2c1=O. The van der Waals surface area contributed by atoms with E-state index in [0.29, 0.717) is 16.7 Å². The zero-order chi connectivity index (χ0) is 15.0. The summed E-state index contributed by atoms with van der Waals surface area (Å²) < 4.78 is 11.1. The third kappa shape index (κ3) is 2.14. The average molecular weight is 282 g/mol. The molecule has 0 unspecified atom stereocenters.